The lowest BCUT2D eigenvalue weighted by molar-refractivity contribution is 0.0940. The summed E-state index contributed by atoms with van der Waals surface area (Å²) in [5, 5.41) is 8.30. The van der Waals surface area contributed by atoms with E-state index in [4.69, 9.17) is 23.2 Å². The van der Waals surface area contributed by atoms with Crippen LogP contribution in [0.3, 0.4) is 0 Å². The number of halogens is 2. The maximum absolute atomic E-state index is 12.1. The van der Waals surface area contributed by atoms with Gasteiger partial charge in [0, 0.05) is 37.4 Å². The van der Waals surface area contributed by atoms with Gasteiger partial charge in [0.15, 0.2) is 0 Å². The quantitative estimate of drug-likeness (QED) is 0.936. The molecule has 0 bridgehead atoms. The number of carbonyl (C=O) groups is 1. The number of aromatic nitrogens is 2. The molecule has 0 saturated carbocycles. The van der Waals surface area contributed by atoms with Gasteiger partial charge in [-0.15, -0.1) is 0 Å². The SMILES string of the molecule is Cn1cc(C(=O)NC2CCN(c3ccc(Cl)cc3Cl)C2)cn1. The van der Waals surface area contributed by atoms with Crippen LogP contribution in [0, 0.1) is 0 Å². The van der Waals surface area contributed by atoms with Crippen molar-refractivity contribution in [2.45, 2.75) is 12.5 Å². The summed E-state index contributed by atoms with van der Waals surface area (Å²) in [7, 11) is 1.79. The van der Waals surface area contributed by atoms with Gasteiger partial charge in [-0.25, -0.2) is 0 Å². The molecule has 1 atom stereocenters. The van der Waals surface area contributed by atoms with Gasteiger partial charge in [-0.05, 0) is 24.6 Å². The first-order valence-corrected chi connectivity index (χ1v) is 7.78. The van der Waals surface area contributed by atoms with E-state index < -0.39 is 0 Å². The molecular formula is C15H16Cl2N4O. The molecule has 2 heterocycles. The Morgan fingerprint density at radius 1 is 1.41 bits per heavy atom. The molecule has 1 aliphatic rings. The normalized spacial score (nSPS) is 17.8. The fraction of sp³-hybridized carbons (Fsp3) is 0.333. The minimum Gasteiger partial charge on any atom is -0.368 e. The number of carbonyl (C=O) groups excluding carboxylic acids is 1. The van der Waals surface area contributed by atoms with Crippen LogP contribution in [-0.4, -0.2) is 34.8 Å². The molecule has 1 unspecified atom stereocenters. The molecule has 1 fully saturated rings. The van der Waals surface area contributed by atoms with Gasteiger partial charge < -0.3 is 10.2 Å². The summed E-state index contributed by atoms with van der Waals surface area (Å²) in [5.41, 5.74) is 1.52. The van der Waals surface area contributed by atoms with Gasteiger partial charge in [-0.2, -0.15) is 5.10 Å². The molecule has 1 saturated heterocycles. The highest BCUT2D eigenvalue weighted by Gasteiger charge is 2.26. The van der Waals surface area contributed by atoms with Gasteiger partial charge in [0.2, 0.25) is 0 Å². The van der Waals surface area contributed by atoms with E-state index in [1.807, 2.05) is 12.1 Å². The highest BCUT2D eigenvalue weighted by molar-refractivity contribution is 6.36. The number of anilines is 1. The number of nitrogens with one attached hydrogen (secondary N) is 1. The number of hydrogen-bond donors (Lipinski definition) is 1. The van der Waals surface area contributed by atoms with E-state index in [9.17, 15) is 4.79 Å². The summed E-state index contributed by atoms with van der Waals surface area (Å²) in [5.74, 6) is -0.0952. The average molecular weight is 339 g/mol. The highest BCUT2D eigenvalue weighted by Crippen LogP contribution is 2.31. The molecule has 1 N–H and O–H groups in total. The fourth-order valence-electron chi connectivity index (χ4n) is 2.64. The van der Waals surface area contributed by atoms with Crippen molar-refractivity contribution in [2.24, 2.45) is 7.05 Å². The third-order valence-electron chi connectivity index (χ3n) is 3.74. The van der Waals surface area contributed by atoms with Crippen LogP contribution in [0.15, 0.2) is 30.6 Å². The van der Waals surface area contributed by atoms with E-state index in [1.165, 1.54) is 0 Å². The zero-order chi connectivity index (χ0) is 15.7. The largest absolute Gasteiger partial charge is 0.368 e. The Bertz CT molecular complexity index is 701. The van der Waals surface area contributed by atoms with Crippen LogP contribution in [0.4, 0.5) is 5.69 Å². The molecule has 5 nitrogen and oxygen atoms in total. The maximum atomic E-state index is 12.1. The number of hydrogen-bond acceptors (Lipinski definition) is 3. The van der Waals surface area contributed by atoms with Gasteiger partial charge in [-0.3, -0.25) is 9.48 Å². The van der Waals surface area contributed by atoms with Crippen LogP contribution >= 0.6 is 23.2 Å². The Morgan fingerprint density at radius 2 is 2.23 bits per heavy atom. The number of amides is 1. The zero-order valence-corrected chi connectivity index (χ0v) is 13.6. The van der Waals surface area contributed by atoms with Crippen molar-refractivity contribution in [3.05, 3.63) is 46.2 Å². The van der Waals surface area contributed by atoms with E-state index in [0.29, 0.717) is 15.6 Å². The first-order chi connectivity index (χ1) is 10.5. The lowest BCUT2D eigenvalue weighted by Crippen LogP contribution is -2.37. The van der Waals surface area contributed by atoms with Crippen LogP contribution in [0.1, 0.15) is 16.8 Å². The van der Waals surface area contributed by atoms with Crippen molar-refractivity contribution in [3.63, 3.8) is 0 Å². The lowest BCUT2D eigenvalue weighted by Gasteiger charge is -2.20. The molecule has 116 valence electrons. The number of nitrogens with zero attached hydrogens (tertiary/aromatic N) is 3. The Kier molecular flexibility index (Phi) is 4.27. The van der Waals surface area contributed by atoms with E-state index >= 15 is 0 Å². The molecule has 1 aliphatic heterocycles. The molecule has 0 spiro atoms. The predicted molar refractivity (Wildman–Crippen MR) is 87.8 cm³/mol. The van der Waals surface area contributed by atoms with Gasteiger partial charge in [-0.1, -0.05) is 23.2 Å². The van der Waals surface area contributed by atoms with E-state index in [0.717, 1.165) is 25.2 Å². The summed E-state index contributed by atoms with van der Waals surface area (Å²) in [6.07, 6.45) is 4.15. The van der Waals surface area contributed by atoms with Crippen molar-refractivity contribution in [3.8, 4) is 0 Å². The van der Waals surface area contributed by atoms with Gasteiger partial charge in [0.05, 0.1) is 22.5 Å². The highest BCUT2D eigenvalue weighted by atomic mass is 35.5. The summed E-state index contributed by atoms with van der Waals surface area (Å²) in [6, 6.07) is 5.57. The number of benzene rings is 1. The minimum atomic E-state index is -0.0952. The molecule has 1 aromatic carbocycles. The molecule has 1 amide bonds. The molecule has 7 heteroatoms. The van der Waals surface area contributed by atoms with Gasteiger partial charge >= 0.3 is 0 Å². The lowest BCUT2D eigenvalue weighted by atomic mass is 10.2. The van der Waals surface area contributed by atoms with Crippen molar-refractivity contribution in [2.75, 3.05) is 18.0 Å². The first kappa shape index (κ1) is 15.2. The molecule has 3 rings (SSSR count). The van der Waals surface area contributed by atoms with E-state index in [1.54, 1.807) is 30.2 Å². The van der Waals surface area contributed by atoms with Crippen LogP contribution in [0.5, 0.6) is 0 Å². The van der Waals surface area contributed by atoms with Crippen LogP contribution < -0.4 is 10.2 Å². The standard InChI is InChI=1S/C15H16Cl2N4O/c1-20-8-10(7-18-20)15(22)19-12-4-5-21(9-12)14-3-2-11(16)6-13(14)17/h2-3,6-8,12H,4-5,9H2,1H3,(H,19,22). The van der Waals surface area contributed by atoms with Crippen LogP contribution in [0.2, 0.25) is 10.0 Å². The Morgan fingerprint density at radius 3 is 2.91 bits per heavy atom. The molecule has 1 aromatic heterocycles. The second-order valence-corrected chi connectivity index (χ2v) is 6.25. The molecule has 0 radical (unpaired) electrons. The summed E-state index contributed by atoms with van der Waals surface area (Å²) < 4.78 is 1.61. The maximum Gasteiger partial charge on any atom is 0.254 e. The third kappa shape index (κ3) is 3.20. The van der Waals surface area contributed by atoms with Crippen molar-refractivity contribution < 1.29 is 4.79 Å². The van der Waals surface area contributed by atoms with Crippen LogP contribution in [-0.2, 0) is 7.05 Å². The summed E-state index contributed by atoms with van der Waals surface area (Å²) in [4.78, 5) is 14.3. The second kappa shape index (κ2) is 6.18. The second-order valence-electron chi connectivity index (χ2n) is 5.40. The van der Waals surface area contributed by atoms with Crippen molar-refractivity contribution in [1.29, 1.82) is 0 Å². The third-order valence-corrected chi connectivity index (χ3v) is 4.28. The molecule has 2 aromatic rings. The van der Waals surface area contributed by atoms with E-state index in [-0.39, 0.29) is 11.9 Å². The Balaban J connectivity index is 1.64. The topological polar surface area (TPSA) is 50.2 Å². The summed E-state index contributed by atoms with van der Waals surface area (Å²) in [6.45, 7) is 1.58. The Labute approximate surface area is 138 Å². The van der Waals surface area contributed by atoms with Crippen molar-refractivity contribution >= 4 is 34.8 Å². The molecular weight excluding hydrogens is 323 g/mol. The van der Waals surface area contributed by atoms with Gasteiger partial charge in [0.25, 0.3) is 5.91 Å². The fourth-order valence-corrected chi connectivity index (χ4v) is 3.17. The monoisotopic (exact) mass is 338 g/mol. The average Bonchev–Trinajstić information content (AvgIpc) is 3.08. The minimum absolute atomic E-state index is 0.0952. The molecule has 0 aliphatic carbocycles. The number of aryl methyl sites for hydroxylation is 1. The smallest absolute Gasteiger partial charge is 0.254 e. The first-order valence-electron chi connectivity index (χ1n) is 7.02. The predicted octanol–water partition coefficient (Wildman–Crippen LogP) is 2.74. The molecule has 22 heavy (non-hydrogen) atoms. The number of rotatable bonds is 3. The van der Waals surface area contributed by atoms with Gasteiger partial charge in [0.1, 0.15) is 0 Å². The zero-order valence-electron chi connectivity index (χ0n) is 12.1. The Hall–Kier alpha value is -1.72. The summed E-state index contributed by atoms with van der Waals surface area (Å²) >= 11 is 12.2. The van der Waals surface area contributed by atoms with Crippen molar-refractivity contribution in [1.82, 2.24) is 15.1 Å². The van der Waals surface area contributed by atoms with Crippen LogP contribution in [0.25, 0.3) is 0 Å². The van der Waals surface area contributed by atoms with E-state index in [2.05, 4.69) is 15.3 Å².